The summed E-state index contributed by atoms with van der Waals surface area (Å²) in [7, 11) is 0. The number of hydrogen-bond donors (Lipinski definition) is 3. The number of anilines is 1. The van der Waals surface area contributed by atoms with Crippen LogP contribution in [0.3, 0.4) is 0 Å². The van der Waals surface area contributed by atoms with Crippen molar-refractivity contribution in [1.29, 1.82) is 0 Å². The van der Waals surface area contributed by atoms with Crippen LogP contribution in [0.15, 0.2) is 29.3 Å². The minimum Gasteiger partial charge on any atom is -0.444 e. The highest BCUT2D eigenvalue weighted by atomic mass is 127. The van der Waals surface area contributed by atoms with E-state index in [0.717, 1.165) is 17.8 Å². The molecule has 1 aromatic rings. The summed E-state index contributed by atoms with van der Waals surface area (Å²) in [6.45, 7) is 13.8. The Morgan fingerprint density at radius 2 is 1.81 bits per heavy atom. The summed E-state index contributed by atoms with van der Waals surface area (Å²) in [5, 5.41) is 9.47. The van der Waals surface area contributed by atoms with Crippen LogP contribution >= 0.6 is 24.0 Å². The van der Waals surface area contributed by atoms with Gasteiger partial charge in [0.1, 0.15) is 5.60 Å². The Hall–Kier alpha value is -2.04. The van der Waals surface area contributed by atoms with Crippen LogP contribution in [-0.4, -0.2) is 54.1 Å². The zero-order valence-corrected chi connectivity index (χ0v) is 21.7. The lowest BCUT2D eigenvalue weighted by Gasteiger charge is -2.40. The van der Waals surface area contributed by atoms with Gasteiger partial charge in [-0.15, -0.1) is 24.0 Å². The predicted molar refractivity (Wildman–Crippen MR) is 135 cm³/mol. The number of guanidine groups is 1. The molecular formula is C22H36IN5O3. The average molecular weight is 545 g/mol. The number of hydrogen-bond acceptors (Lipinski definition) is 4. The molecule has 8 nitrogen and oxygen atoms in total. The second-order valence-corrected chi connectivity index (χ2v) is 8.76. The Kier molecular flexibility index (Phi) is 10.5. The number of benzene rings is 1. The van der Waals surface area contributed by atoms with E-state index < -0.39 is 5.60 Å². The minimum atomic E-state index is -0.487. The zero-order chi connectivity index (χ0) is 22.3. The number of ether oxygens (including phenoxy) is 1. The van der Waals surface area contributed by atoms with Crippen LogP contribution in [0.4, 0.5) is 10.5 Å². The van der Waals surface area contributed by atoms with Crippen molar-refractivity contribution in [2.75, 3.05) is 25.0 Å². The van der Waals surface area contributed by atoms with Crippen molar-refractivity contribution in [3.63, 3.8) is 0 Å². The topological polar surface area (TPSA) is 95.1 Å². The van der Waals surface area contributed by atoms with E-state index in [1.165, 1.54) is 0 Å². The monoisotopic (exact) mass is 545 g/mol. The van der Waals surface area contributed by atoms with Gasteiger partial charge in [-0.2, -0.15) is 0 Å². The molecule has 0 bridgehead atoms. The zero-order valence-electron chi connectivity index (χ0n) is 19.3. The van der Waals surface area contributed by atoms with Crippen molar-refractivity contribution in [3.05, 3.63) is 29.8 Å². The highest BCUT2D eigenvalue weighted by molar-refractivity contribution is 14.0. The lowest BCUT2D eigenvalue weighted by molar-refractivity contribution is -0.118. The van der Waals surface area contributed by atoms with Crippen LogP contribution in [0.2, 0.25) is 0 Å². The summed E-state index contributed by atoms with van der Waals surface area (Å²) in [4.78, 5) is 30.1. The SMILES string of the molecule is CCNC(=NCc1ccc(NC(=O)C(C)C)cc1)NC1CN(C(=O)OC(C)(C)C)C1.I. The number of halogens is 1. The summed E-state index contributed by atoms with van der Waals surface area (Å²) < 4.78 is 5.38. The van der Waals surface area contributed by atoms with Crippen molar-refractivity contribution in [2.24, 2.45) is 10.9 Å². The molecule has 2 rings (SSSR count). The molecule has 1 aromatic carbocycles. The van der Waals surface area contributed by atoms with E-state index in [-0.39, 0.29) is 47.9 Å². The Morgan fingerprint density at radius 3 is 2.32 bits per heavy atom. The molecule has 0 saturated carbocycles. The molecule has 0 atom stereocenters. The molecule has 31 heavy (non-hydrogen) atoms. The Labute approximate surface area is 202 Å². The Morgan fingerprint density at radius 1 is 1.19 bits per heavy atom. The Bertz CT molecular complexity index is 753. The number of carbonyl (C=O) groups is 2. The molecule has 0 spiro atoms. The van der Waals surface area contributed by atoms with Crippen molar-refractivity contribution in [1.82, 2.24) is 15.5 Å². The number of carbonyl (C=O) groups excluding carboxylic acids is 2. The van der Waals surface area contributed by atoms with Crippen molar-refractivity contribution in [3.8, 4) is 0 Å². The molecule has 2 amide bonds. The van der Waals surface area contributed by atoms with Gasteiger partial charge >= 0.3 is 6.09 Å². The van der Waals surface area contributed by atoms with Crippen LogP contribution < -0.4 is 16.0 Å². The second kappa shape index (κ2) is 12.1. The van der Waals surface area contributed by atoms with Crippen molar-refractivity contribution >= 4 is 47.6 Å². The maximum Gasteiger partial charge on any atom is 0.410 e. The first-order valence-corrected chi connectivity index (χ1v) is 10.5. The standard InChI is InChI=1S/C22H35N5O3.HI/c1-7-23-20(26-18-13-27(14-18)21(29)30-22(4,5)6)24-12-16-8-10-17(11-9-16)25-19(28)15(2)3;/h8-11,15,18H,7,12-14H2,1-6H3,(H,25,28)(H2,23,24,26);1H. The fourth-order valence-corrected chi connectivity index (χ4v) is 2.71. The largest absolute Gasteiger partial charge is 0.444 e. The van der Waals surface area contributed by atoms with E-state index in [2.05, 4.69) is 20.9 Å². The quantitative estimate of drug-likeness (QED) is 0.289. The highest BCUT2D eigenvalue weighted by Crippen LogP contribution is 2.15. The molecule has 0 aliphatic carbocycles. The van der Waals surface area contributed by atoms with Gasteiger partial charge in [-0.05, 0) is 45.4 Å². The number of rotatable bonds is 6. The van der Waals surface area contributed by atoms with Crippen LogP contribution in [-0.2, 0) is 16.1 Å². The maximum absolute atomic E-state index is 12.0. The molecule has 0 radical (unpaired) electrons. The number of likely N-dealkylation sites (tertiary alicyclic amines) is 1. The summed E-state index contributed by atoms with van der Waals surface area (Å²) >= 11 is 0. The normalized spacial score (nSPS) is 14.4. The molecule has 1 saturated heterocycles. The van der Waals surface area contributed by atoms with Gasteiger partial charge in [0.15, 0.2) is 5.96 Å². The lowest BCUT2D eigenvalue weighted by Crippen LogP contribution is -2.63. The van der Waals surface area contributed by atoms with Gasteiger partial charge in [-0.25, -0.2) is 9.79 Å². The van der Waals surface area contributed by atoms with E-state index in [4.69, 9.17) is 4.74 Å². The van der Waals surface area contributed by atoms with E-state index in [0.29, 0.717) is 25.6 Å². The maximum atomic E-state index is 12.0. The molecule has 1 aliphatic rings. The first-order chi connectivity index (χ1) is 14.1. The highest BCUT2D eigenvalue weighted by Gasteiger charge is 2.34. The van der Waals surface area contributed by atoms with Crippen LogP contribution in [0, 0.1) is 5.92 Å². The number of nitrogens with zero attached hydrogens (tertiary/aromatic N) is 2. The first kappa shape index (κ1) is 27.0. The van der Waals surface area contributed by atoms with Crippen LogP contribution in [0.25, 0.3) is 0 Å². The molecule has 0 aromatic heterocycles. The predicted octanol–water partition coefficient (Wildman–Crippen LogP) is 3.57. The minimum absolute atomic E-state index is 0. The van der Waals surface area contributed by atoms with E-state index >= 15 is 0 Å². The fourth-order valence-electron chi connectivity index (χ4n) is 2.71. The molecule has 0 unspecified atom stereocenters. The first-order valence-electron chi connectivity index (χ1n) is 10.5. The molecule has 9 heteroatoms. The lowest BCUT2D eigenvalue weighted by atomic mass is 10.1. The van der Waals surface area contributed by atoms with Gasteiger partial charge in [0.25, 0.3) is 0 Å². The van der Waals surface area contributed by atoms with Crippen LogP contribution in [0.5, 0.6) is 0 Å². The van der Waals surface area contributed by atoms with Gasteiger partial charge in [0.2, 0.25) is 5.91 Å². The third-order valence-corrected chi connectivity index (χ3v) is 4.38. The van der Waals surface area contributed by atoms with Gasteiger partial charge in [0, 0.05) is 31.2 Å². The molecule has 174 valence electrons. The number of amides is 2. The summed E-state index contributed by atoms with van der Waals surface area (Å²) in [6, 6.07) is 7.82. The summed E-state index contributed by atoms with van der Waals surface area (Å²) in [6.07, 6.45) is -0.285. The fraction of sp³-hybridized carbons (Fsp3) is 0.591. The molecular weight excluding hydrogens is 509 g/mol. The van der Waals surface area contributed by atoms with Crippen molar-refractivity contribution in [2.45, 2.75) is 59.7 Å². The summed E-state index contributed by atoms with van der Waals surface area (Å²) in [5.74, 6) is 0.657. The number of nitrogens with one attached hydrogen (secondary N) is 3. The molecule has 3 N–H and O–H groups in total. The van der Waals surface area contributed by atoms with Gasteiger partial charge in [-0.1, -0.05) is 26.0 Å². The van der Waals surface area contributed by atoms with Crippen LogP contribution in [0.1, 0.15) is 47.1 Å². The van der Waals surface area contributed by atoms with Gasteiger partial charge in [-0.3, -0.25) is 4.79 Å². The van der Waals surface area contributed by atoms with Gasteiger partial charge < -0.3 is 25.6 Å². The molecule has 1 fully saturated rings. The Balaban J connectivity index is 0.00000480. The third kappa shape index (κ3) is 9.32. The van der Waals surface area contributed by atoms with Gasteiger partial charge in [0.05, 0.1) is 12.6 Å². The number of aliphatic imine (C=N–C) groups is 1. The smallest absolute Gasteiger partial charge is 0.410 e. The van der Waals surface area contributed by atoms with Crippen molar-refractivity contribution < 1.29 is 14.3 Å². The molecule has 1 aliphatic heterocycles. The van der Waals surface area contributed by atoms with E-state index in [1.807, 2.05) is 65.8 Å². The third-order valence-electron chi connectivity index (χ3n) is 4.38. The van der Waals surface area contributed by atoms with E-state index in [1.54, 1.807) is 4.90 Å². The second-order valence-electron chi connectivity index (χ2n) is 8.76. The van der Waals surface area contributed by atoms with E-state index in [9.17, 15) is 9.59 Å². The average Bonchev–Trinajstić information content (AvgIpc) is 2.61. The molecule has 1 heterocycles. The summed E-state index contributed by atoms with van der Waals surface area (Å²) in [5.41, 5.74) is 1.33.